The zero-order valence-corrected chi connectivity index (χ0v) is 17.5. The van der Waals surface area contributed by atoms with E-state index in [1.54, 1.807) is 0 Å². The van der Waals surface area contributed by atoms with Crippen LogP contribution in [0.4, 0.5) is 0 Å². The first-order valence-electron chi connectivity index (χ1n) is 9.89. The topological polar surface area (TPSA) is 56.7 Å². The maximum Gasteiger partial charge on any atom is 0.268 e. The van der Waals surface area contributed by atoms with Crippen LogP contribution in [-0.2, 0) is 26.3 Å². The molecule has 28 heavy (non-hydrogen) atoms. The van der Waals surface area contributed by atoms with Gasteiger partial charge in [-0.15, -0.1) is 16.8 Å². The molecular weight excluding hydrogens is 348 g/mol. The number of hydrogen-bond acceptors (Lipinski definition) is 4. The molecule has 3 aromatic rings. The quantitative estimate of drug-likeness (QED) is 0.602. The lowest BCUT2D eigenvalue weighted by molar-refractivity contribution is 0.307. The number of allylic oxidation sites excluding steroid dienone is 1. The van der Waals surface area contributed by atoms with Crippen LogP contribution >= 0.6 is 0 Å². The molecular formula is C23H28N4O. The molecule has 1 aromatic carbocycles. The normalized spacial score (nSPS) is 15.5. The lowest BCUT2D eigenvalue weighted by Gasteiger charge is -2.29. The summed E-state index contributed by atoms with van der Waals surface area (Å²) in [5, 5.41) is 13.4. The second kappa shape index (κ2) is 6.73. The summed E-state index contributed by atoms with van der Waals surface area (Å²) in [4.78, 5) is 0. The fourth-order valence-electron chi connectivity index (χ4n) is 4.28. The first-order valence-corrected chi connectivity index (χ1v) is 9.89. The zero-order valence-electron chi connectivity index (χ0n) is 17.5. The van der Waals surface area contributed by atoms with Gasteiger partial charge < -0.3 is 4.42 Å². The minimum absolute atomic E-state index is 0.306. The molecule has 4 rings (SSSR count). The Bertz CT molecular complexity index is 1030. The molecule has 5 nitrogen and oxygen atoms in total. The molecule has 0 radical (unpaired) electrons. The van der Waals surface area contributed by atoms with Gasteiger partial charge in [-0.25, -0.2) is 0 Å². The third-order valence-corrected chi connectivity index (χ3v) is 5.89. The smallest absolute Gasteiger partial charge is 0.268 e. The zero-order chi connectivity index (χ0) is 20.1. The van der Waals surface area contributed by atoms with E-state index >= 15 is 0 Å². The molecule has 146 valence electrons. The molecule has 0 bridgehead atoms. The Kier molecular flexibility index (Phi) is 4.48. The number of nitrogens with zero attached hydrogens (tertiary/aromatic N) is 4. The van der Waals surface area contributed by atoms with E-state index in [1.807, 2.05) is 17.8 Å². The molecule has 1 aliphatic rings. The fourth-order valence-corrected chi connectivity index (χ4v) is 4.28. The lowest BCUT2D eigenvalue weighted by atomic mass is 9.76. The monoisotopic (exact) mass is 376 g/mol. The highest BCUT2D eigenvalue weighted by Gasteiger charge is 2.32. The van der Waals surface area contributed by atoms with Gasteiger partial charge in [0.15, 0.2) is 5.69 Å². The fraction of sp³-hybridized carbons (Fsp3) is 0.435. The summed E-state index contributed by atoms with van der Waals surface area (Å²) in [6.45, 7) is 12.7. The van der Waals surface area contributed by atoms with E-state index in [2.05, 4.69) is 56.6 Å². The average molecular weight is 377 g/mol. The molecule has 0 spiro atoms. The molecule has 0 saturated carbocycles. The second-order valence-electron chi connectivity index (χ2n) is 8.73. The highest BCUT2D eigenvalue weighted by Crippen LogP contribution is 2.39. The summed E-state index contributed by atoms with van der Waals surface area (Å²) < 4.78 is 8.06. The number of aromatic nitrogens is 4. The maximum atomic E-state index is 6.08. The highest BCUT2D eigenvalue weighted by molar-refractivity contribution is 5.61. The lowest BCUT2D eigenvalue weighted by Crippen LogP contribution is -2.23. The Hall–Kier alpha value is -2.69. The van der Waals surface area contributed by atoms with E-state index in [0.717, 1.165) is 36.9 Å². The van der Waals surface area contributed by atoms with Crippen molar-refractivity contribution in [1.82, 2.24) is 20.0 Å². The third-order valence-electron chi connectivity index (χ3n) is 5.89. The molecule has 1 aliphatic carbocycles. The van der Waals surface area contributed by atoms with Crippen molar-refractivity contribution < 1.29 is 4.42 Å². The minimum atomic E-state index is 0.306. The maximum absolute atomic E-state index is 6.08. The second-order valence-corrected chi connectivity index (χ2v) is 8.73. The summed E-state index contributed by atoms with van der Waals surface area (Å²) in [5.74, 6) is 1.05. The van der Waals surface area contributed by atoms with Crippen LogP contribution in [-0.4, -0.2) is 20.0 Å². The molecule has 0 saturated heterocycles. The largest absolute Gasteiger partial charge is 0.415 e. The molecule has 0 aliphatic heterocycles. The van der Waals surface area contributed by atoms with E-state index < -0.39 is 0 Å². The average Bonchev–Trinajstić information content (AvgIpc) is 3.22. The van der Waals surface area contributed by atoms with Crippen LogP contribution in [0.2, 0.25) is 0 Å². The molecule has 0 atom stereocenters. The molecule has 0 fully saturated rings. The minimum Gasteiger partial charge on any atom is -0.415 e. The Morgan fingerprint density at radius 1 is 1.18 bits per heavy atom. The summed E-state index contributed by atoms with van der Waals surface area (Å²) in [6.07, 6.45) is 5.96. The molecule has 2 aromatic heterocycles. The highest BCUT2D eigenvalue weighted by atomic mass is 16.4. The van der Waals surface area contributed by atoms with Gasteiger partial charge in [0.1, 0.15) is 0 Å². The third kappa shape index (κ3) is 3.19. The van der Waals surface area contributed by atoms with Crippen molar-refractivity contribution in [3.8, 4) is 23.0 Å². The van der Waals surface area contributed by atoms with Gasteiger partial charge in [-0.2, -0.15) is 5.10 Å². The Balaban J connectivity index is 1.71. The number of aryl methyl sites for hydroxylation is 3. The molecule has 0 N–H and O–H groups in total. The summed E-state index contributed by atoms with van der Waals surface area (Å²) in [7, 11) is 2.01. The molecule has 0 unspecified atom stereocenters. The van der Waals surface area contributed by atoms with Gasteiger partial charge in [0, 0.05) is 23.9 Å². The Morgan fingerprint density at radius 3 is 2.54 bits per heavy atom. The van der Waals surface area contributed by atoms with Gasteiger partial charge in [-0.1, -0.05) is 19.9 Å². The van der Waals surface area contributed by atoms with Crippen molar-refractivity contribution in [1.29, 1.82) is 0 Å². The number of rotatable bonds is 4. The predicted molar refractivity (Wildman–Crippen MR) is 111 cm³/mol. The van der Waals surface area contributed by atoms with Crippen molar-refractivity contribution in [2.75, 3.05) is 0 Å². The van der Waals surface area contributed by atoms with Crippen LogP contribution in [0.15, 0.2) is 29.2 Å². The first kappa shape index (κ1) is 18.7. The van der Waals surface area contributed by atoms with Gasteiger partial charge in [-0.05, 0) is 73.8 Å². The van der Waals surface area contributed by atoms with Gasteiger partial charge >= 0.3 is 0 Å². The van der Waals surface area contributed by atoms with Crippen LogP contribution in [0.1, 0.15) is 48.2 Å². The first-order chi connectivity index (χ1) is 13.3. The van der Waals surface area contributed by atoms with Crippen LogP contribution in [0.25, 0.3) is 23.0 Å². The van der Waals surface area contributed by atoms with E-state index in [9.17, 15) is 0 Å². The van der Waals surface area contributed by atoms with Gasteiger partial charge in [-0.3, -0.25) is 4.68 Å². The van der Waals surface area contributed by atoms with E-state index in [4.69, 9.17) is 9.52 Å². The van der Waals surface area contributed by atoms with Gasteiger partial charge in [0.05, 0.1) is 0 Å². The van der Waals surface area contributed by atoms with Crippen LogP contribution in [0.3, 0.4) is 0 Å². The number of benzene rings is 1. The Labute approximate surface area is 166 Å². The molecule has 0 amide bonds. The van der Waals surface area contributed by atoms with Crippen molar-refractivity contribution in [2.24, 2.45) is 12.5 Å². The van der Waals surface area contributed by atoms with E-state index in [0.29, 0.717) is 17.2 Å². The number of hydrogen-bond donors (Lipinski definition) is 0. The SMILES string of the molecule is C=CCc1c(C)cc(-c2nnc(-c3nn(C)c4c3CCC(C)(C)C4)o2)cc1C. The van der Waals surface area contributed by atoms with Crippen LogP contribution in [0.5, 0.6) is 0 Å². The Morgan fingerprint density at radius 2 is 1.86 bits per heavy atom. The summed E-state index contributed by atoms with van der Waals surface area (Å²) in [6, 6.07) is 4.22. The summed E-state index contributed by atoms with van der Waals surface area (Å²) in [5.41, 5.74) is 8.37. The summed E-state index contributed by atoms with van der Waals surface area (Å²) >= 11 is 0. The van der Waals surface area contributed by atoms with Crippen LogP contribution < -0.4 is 0 Å². The van der Waals surface area contributed by atoms with Gasteiger partial charge in [0.25, 0.3) is 5.89 Å². The number of fused-ring (bicyclic) bond motifs is 1. The van der Waals surface area contributed by atoms with Gasteiger partial charge in [0.2, 0.25) is 5.89 Å². The predicted octanol–water partition coefficient (Wildman–Crippen LogP) is 5.00. The van der Waals surface area contributed by atoms with Crippen molar-refractivity contribution in [3.05, 3.63) is 52.7 Å². The molecule has 5 heteroatoms. The standard InChI is InChI=1S/C23H28N4O/c1-7-8-17-14(2)11-16(12-15(17)3)21-24-25-22(28-21)20-18-9-10-23(4,5)13-19(18)27(6)26-20/h7,11-12H,1,8-10,13H2,2-6H3. The van der Waals surface area contributed by atoms with Crippen molar-refractivity contribution >= 4 is 0 Å². The van der Waals surface area contributed by atoms with Crippen molar-refractivity contribution in [3.63, 3.8) is 0 Å². The molecule has 2 heterocycles. The van der Waals surface area contributed by atoms with Crippen molar-refractivity contribution in [2.45, 2.75) is 53.4 Å². The van der Waals surface area contributed by atoms with Crippen LogP contribution in [0, 0.1) is 19.3 Å². The van der Waals surface area contributed by atoms with E-state index in [1.165, 1.54) is 27.9 Å². The van der Waals surface area contributed by atoms with E-state index in [-0.39, 0.29) is 0 Å².